The van der Waals surface area contributed by atoms with Gasteiger partial charge in [-0.2, -0.15) is 13.2 Å². The highest BCUT2D eigenvalue weighted by Crippen LogP contribution is 2.33. The van der Waals surface area contributed by atoms with Crippen LogP contribution in [-0.4, -0.2) is 12.6 Å². The van der Waals surface area contributed by atoms with E-state index in [2.05, 4.69) is 6.58 Å². The van der Waals surface area contributed by atoms with Gasteiger partial charge in [-0.15, -0.1) is 0 Å². The van der Waals surface area contributed by atoms with Crippen molar-refractivity contribution >= 4 is 17.6 Å². The van der Waals surface area contributed by atoms with Gasteiger partial charge >= 0.3 is 12.1 Å². The molecule has 0 amide bonds. The average Bonchev–Trinajstić information content (AvgIpc) is 2.58. The molecule has 0 heterocycles. The fraction of sp³-hybridized carbons (Fsp3) is 0.211. The van der Waals surface area contributed by atoms with Crippen molar-refractivity contribution in [3.8, 4) is 5.75 Å². The van der Waals surface area contributed by atoms with E-state index in [1.54, 1.807) is 31.2 Å². The second kappa shape index (κ2) is 8.27. The first-order valence-corrected chi connectivity index (χ1v) is 7.95. The second-order valence-electron chi connectivity index (χ2n) is 5.64. The van der Waals surface area contributed by atoms with E-state index in [-0.39, 0.29) is 12.4 Å². The summed E-state index contributed by atoms with van der Waals surface area (Å²) < 4.78 is 49.2. The molecule has 3 nitrogen and oxygen atoms in total. The van der Waals surface area contributed by atoms with Gasteiger partial charge in [0.1, 0.15) is 12.4 Å². The summed E-state index contributed by atoms with van der Waals surface area (Å²) in [5.41, 5.74) is 0.144. The van der Waals surface area contributed by atoms with Gasteiger partial charge in [-0.25, -0.2) is 4.79 Å². The first kappa shape index (κ1) is 19.8. The number of halogens is 4. The summed E-state index contributed by atoms with van der Waals surface area (Å²) in [6, 6.07) is 10.5. The first-order valence-electron chi connectivity index (χ1n) is 7.57. The predicted octanol–water partition coefficient (Wildman–Crippen LogP) is 5.60. The Labute approximate surface area is 154 Å². The third-order valence-electron chi connectivity index (χ3n) is 3.26. The van der Waals surface area contributed by atoms with Crippen molar-refractivity contribution in [3.05, 3.63) is 76.8 Å². The smallest absolute Gasteiger partial charge is 0.416 e. The number of rotatable bonds is 6. The molecule has 26 heavy (non-hydrogen) atoms. The van der Waals surface area contributed by atoms with E-state index in [9.17, 15) is 18.0 Å². The van der Waals surface area contributed by atoms with Crippen LogP contribution in [0, 0.1) is 0 Å². The van der Waals surface area contributed by atoms with Crippen molar-refractivity contribution in [2.24, 2.45) is 0 Å². The lowest BCUT2D eigenvalue weighted by atomic mass is 10.1. The van der Waals surface area contributed by atoms with Gasteiger partial charge < -0.3 is 9.47 Å². The SMILES string of the molecule is C=C(C)COC(=O)C(Oc1cccc(C(F)(F)F)c1)c1ccc(Cl)cc1. The summed E-state index contributed by atoms with van der Waals surface area (Å²) in [4.78, 5) is 12.4. The summed E-state index contributed by atoms with van der Waals surface area (Å²) in [5.74, 6) is -0.847. The van der Waals surface area contributed by atoms with Crippen LogP contribution in [0.3, 0.4) is 0 Å². The van der Waals surface area contributed by atoms with Crippen LogP contribution in [0.2, 0.25) is 5.02 Å². The molecule has 0 aliphatic rings. The molecule has 0 spiro atoms. The van der Waals surface area contributed by atoms with Crippen LogP contribution >= 0.6 is 11.6 Å². The highest BCUT2D eigenvalue weighted by atomic mass is 35.5. The molecule has 0 aliphatic carbocycles. The van der Waals surface area contributed by atoms with Crippen LogP contribution in [0.15, 0.2) is 60.7 Å². The number of carbonyl (C=O) groups is 1. The maximum absolute atomic E-state index is 12.9. The molecule has 2 aromatic carbocycles. The molecule has 1 unspecified atom stereocenters. The Morgan fingerprint density at radius 3 is 2.42 bits per heavy atom. The third kappa shape index (κ3) is 5.52. The highest BCUT2D eigenvalue weighted by Gasteiger charge is 2.31. The van der Waals surface area contributed by atoms with E-state index in [1.807, 2.05) is 0 Å². The average molecular weight is 385 g/mol. The molecular formula is C19H16ClF3O3. The second-order valence-corrected chi connectivity index (χ2v) is 6.08. The standard InChI is InChI=1S/C19H16ClF3O3/c1-12(2)11-25-18(24)17(13-6-8-15(20)9-7-13)26-16-5-3-4-14(10-16)19(21,22)23/h3-10,17H,1,11H2,2H3. The minimum absolute atomic E-state index is 0.0190. The van der Waals surface area contributed by atoms with Crippen molar-refractivity contribution in [2.75, 3.05) is 6.61 Å². The molecule has 7 heteroatoms. The number of ether oxygens (including phenoxy) is 2. The fourth-order valence-corrected chi connectivity index (χ4v) is 2.17. The van der Waals surface area contributed by atoms with Gasteiger partial charge in [0.25, 0.3) is 0 Å². The molecule has 0 radical (unpaired) electrons. The Morgan fingerprint density at radius 2 is 1.85 bits per heavy atom. The largest absolute Gasteiger partial charge is 0.474 e. The summed E-state index contributed by atoms with van der Waals surface area (Å²) in [6.07, 6.45) is -5.76. The molecule has 0 saturated carbocycles. The van der Waals surface area contributed by atoms with Crippen molar-refractivity contribution in [3.63, 3.8) is 0 Å². The molecular weight excluding hydrogens is 369 g/mol. The minimum atomic E-state index is -4.52. The third-order valence-corrected chi connectivity index (χ3v) is 3.51. The predicted molar refractivity (Wildman–Crippen MR) is 92.0 cm³/mol. The Morgan fingerprint density at radius 1 is 1.19 bits per heavy atom. The van der Waals surface area contributed by atoms with Crippen LogP contribution in [0.25, 0.3) is 0 Å². The lowest BCUT2D eigenvalue weighted by Crippen LogP contribution is -2.22. The lowest BCUT2D eigenvalue weighted by molar-refractivity contribution is -0.151. The molecule has 0 saturated heterocycles. The molecule has 0 bridgehead atoms. The van der Waals surface area contributed by atoms with E-state index in [0.717, 1.165) is 12.1 Å². The molecule has 1 atom stereocenters. The monoisotopic (exact) mass is 384 g/mol. The number of hydrogen-bond acceptors (Lipinski definition) is 3. The summed E-state index contributed by atoms with van der Waals surface area (Å²) >= 11 is 5.84. The lowest BCUT2D eigenvalue weighted by Gasteiger charge is -2.19. The number of benzene rings is 2. The van der Waals surface area contributed by atoms with E-state index in [4.69, 9.17) is 21.1 Å². The zero-order valence-corrected chi connectivity index (χ0v) is 14.6. The number of esters is 1. The van der Waals surface area contributed by atoms with E-state index in [0.29, 0.717) is 16.2 Å². The quantitative estimate of drug-likeness (QED) is 0.480. The molecule has 0 aromatic heterocycles. The van der Waals surface area contributed by atoms with Crippen LogP contribution in [0.1, 0.15) is 24.2 Å². The van der Waals surface area contributed by atoms with E-state index < -0.39 is 23.8 Å². The number of hydrogen-bond donors (Lipinski definition) is 0. The van der Waals surface area contributed by atoms with Crippen LogP contribution in [0.5, 0.6) is 5.75 Å². The van der Waals surface area contributed by atoms with Gasteiger partial charge in [0.05, 0.1) is 5.56 Å². The van der Waals surface area contributed by atoms with E-state index in [1.165, 1.54) is 12.1 Å². The van der Waals surface area contributed by atoms with Crippen LogP contribution in [0.4, 0.5) is 13.2 Å². The topological polar surface area (TPSA) is 35.5 Å². The summed E-state index contributed by atoms with van der Waals surface area (Å²) in [7, 11) is 0. The maximum Gasteiger partial charge on any atom is 0.416 e. The van der Waals surface area contributed by atoms with Gasteiger partial charge in [-0.3, -0.25) is 0 Å². The Balaban J connectivity index is 2.30. The highest BCUT2D eigenvalue weighted by molar-refractivity contribution is 6.30. The Hall–Kier alpha value is -2.47. The van der Waals surface area contributed by atoms with Crippen molar-refractivity contribution in [1.82, 2.24) is 0 Å². The maximum atomic E-state index is 12.9. The molecule has 0 N–H and O–H groups in total. The van der Waals surface area contributed by atoms with Crippen LogP contribution < -0.4 is 4.74 Å². The zero-order chi connectivity index (χ0) is 19.3. The van der Waals surface area contributed by atoms with Gasteiger partial charge in [0.15, 0.2) is 0 Å². The van der Waals surface area contributed by atoms with Crippen LogP contribution in [-0.2, 0) is 15.7 Å². The van der Waals surface area contributed by atoms with Gasteiger partial charge in [-0.1, -0.05) is 36.4 Å². The Bertz CT molecular complexity index is 785. The van der Waals surface area contributed by atoms with Gasteiger partial charge in [-0.05, 0) is 42.8 Å². The molecule has 138 valence electrons. The van der Waals surface area contributed by atoms with Crippen molar-refractivity contribution in [2.45, 2.75) is 19.2 Å². The van der Waals surface area contributed by atoms with Crippen molar-refractivity contribution < 1.29 is 27.4 Å². The minimum Gasteiger partial charge on any atom is -0.474 e. The van der Waals surface area contributed by atoms with Gasteiger partial charge in [0, 0.05) is 10.6 Å². The zero-order valence-electron chi connectivity index (χ0n) is 13.8. The number of alkyl halides is 3. The molecule has 0 fully saturated rings. The number of carbonyl (C=O) groups excluding carboxylic acids is 1. The molecule has 2 aromatic rings. The summed E-state index contributed by atoms with van der Waals surface area (Å²) in [6.45, 7) is 5.29. The fourth-order valence-electron chi connectivity index (χ4n) is 2.04. The van der Waals surface area contributed by atoms with E-state index >= 15 is 0 Å². The van der Waals surface area contributed by atoms with Crippen molar-refractivity contribution in [1.29, 1.82) is 0 Å². The molecule has 0 aliphatic heterocycles. The van der Waals surface area contributed by atoms with Gasteiger partial charge in [0.2, 0.25) is 6.10 Å². The summed E-state index contributed by atoms with van der Waals surface area (Å²) in [5, 5.41) is 0.446. The molecule has 2 rings (SSSR count). The normalized spacial score (nSPS) is 12.3. The Kier molecular flexibility index (Phi) is 6.32. The first-order chi connectivity index (χ1) is 12.2.